The summed E-state index contributed by atoms with van der Waals surface area (Å²) in [5.41, 5.74) is 3.41. The van der Waals surface area contributed by atoms with Gasteiger partial charge in [-0.05, 0) is 68.7 Å². The number of benzene rings is 2. The highest BCUT2D eigenvalue weighted by atomic mass is 35.5. The van der Waals surface area contributed by atoms with Crippen molar-refractivity contribution < 1.29 is 19.1 Å². The maximum atomic E-state index is 12.2. The quantitative estimate of drug-likeness (QED) is 0.768. The average Bonchev–Trinajstić information content (AvgIpc) is 2.56. The summed E-state index contributed by atoms with van der Waals surface area (Å²) in [5, 5.41) is 3.25. The molecule has 0 fully saturated rings. The van der Waals surface area contributed by atoms with Gasteiger partial charge in [0, 0.05) is 10.7 Å². The molecular weight excluding hydrogens is 354 g/mol. The monoisotopic (exact) mass is 375 g/mol. The second kappa shape index (κ2) is 8.72. The summed E-state index contributed by atoms with van der Waals surface area (Å²) in [5.74, 6) is -0.462. The molecule has 138 valence electrons. The van der Waals surface area contributed by atoms with Crippen molar-refractivity contribution >= 4 is 29.2 Å². The van der Waals surface area contributed by atoms with Crippen molar-refractivity contribution in [2.75, 3.05) is 11.9 Å². The van der Waals surface area contributed by atoms with E-state index in [2.05, 4.69) is 5.32 Å². The van der Waals surface area contributed by atoms with Gasteiger partial charge in [-0.25, -0.2) is 4.79 Å². The summed E-state index contributed by atoms with van der Waals surface area (Å²) in [7, 11) is 0. The Bertz CT molecular complexity index is 799. The minimum atomic E-state index is -0.955. The number of nitrogens with one attached hydrogen (secondary N) is 1. The van der Waals surface area contributed by atoms with Crippen LogP contribution in [-0.2, 0) is 14.3 Å². The molecule has 1 amide bonds. The molecule has 1 N–H and O–H groups in total. The third-order valence-electron chi connectivity index (χ3n) is 3.75. The molecule has 0 aliphatic rings. The van der Waals surface area contributed by atoms with Crippen molar-refractivity contribution in [3.05, 3.63) is 58.1 Å². The highest BCUT2D eigenvalue weighted by Crippen LogP contribution is 2.23. The fourth-order valence-corrected chi connectivity index (χ4v) is 2.59. The summed E-state index contributed by atoms with van der Waals surface area (Å²) >= 11 is 6.03. The Hall–Kier alpha value is -2.53. The molecule has 6 heteroatoms. The van der Waals surface area contributed by atoms with Crippen LogP contribution in [0.2, 0.25) is 5.02 Å². The molecule has 0 bridgehead atoms. The average molecular weight is 376 g/mol. The largest absolute Gasteiger partial charge is 0.482 e. The molecule has 0 saturated heterocycles. The number of anilines is 1. The minimum absolute atomic E-state index is 0.267. The van der Waals surface area contributed by atoms with Gasteiger partial charge in [-0.2, -0.15) is 0 Å². The topological polar surface area (TPSA) is 64.6 Å². The van der Waals surface area contributed by atoms with E-state index in [1.54, 1.807) is 25.1 Å². The van der Waals surface area contributed by atoms with E-state index in [1.807, 2.05) is 32.0 Å². The van der Waals surface area contributed by atoms with Crippen LogP contribution in [0.3, 0.4) is 0 Å². The van der Waals surface area contributed by atoms with E-state index < -0.39 is 18.0 Å². The lowest BCUT2D eigenvalue weighted by Crippen LogP contribution is -2.31. The van der Waals surface area contributed by atoms with Gasteiger partial charge in [0.25, 0.3) is 5.91 Å². The Morgan fingerprint density at radius 2 is 1.77 bits per heavy atom. The SMILES string of the molecule is Cc1cc(C)cc(OCC(=O)OC(C)C(=O)Nc2cccc(Cl)c2C)c1. The number of rotatable bonds is 6. The van der Waals surface area contributed by atoms with Gasteiger partial charge in [0.2, 0.25) is 0 Å². The first kappa shape index (κ1) is 19.8. The molecule has 0 radical (unpaired) electrons. The molecule has 2 rings (SSSR count). The van der Waals surface area contributed by atoms with E-state index >= 15 is 0 Å². The highest BCUT2D eigenvalue weighted by molar-refractivity contribution is 6.31. The molecule has 1 unspecified atom stereocenters. The maximum Gasteiger partial charge on any atom is 0.344 e. The predicted molar refractivity (Wildman–Crippen MR) is 102 cm³/mol. The standard InChI is InChI=1S/C20H22ClNO4/c1-12-8-13(2)10-16(9-12)25-11-19(23)26-15(4)20(24)22-18-7-5-6-17(21)14(18)3/h5-10,15H,11H2,1-4H3,(H,22,24). The Kier molecular flexibility index (Phi) is 6.64. The fourth-order valence-electron chi connectivity index (χ4n) is 2.42. The zero-order valence-electron chi connectivity index (χ0n) is 15.3. The van der Waals surface area contributed by atoms with Crippen LogP contribution in [-0.4, -0.2) is 24.6 Å². The predicted octanol–water partition coefficient (Wildman–Crippen LogP) is 4.21. The molecule has 0 saturated carbocycles. The maximum absolute atomic E-state index is 12.2. The van der Waals surface area contributed by atoms with E-state index in [0.717, 1.165) is 16.7 Å². The minimum Gasteiger partial charge on any atom is -0.482 e. The Morgan fingerprint density at radius 3 is 2.42 bits per heavy atom. The van der Waals surface area contributed by atoms with E-state index in [1.165, 1.54) is 6.92 Å². The van der Waals surface area contributed by atoms with Crippen LogP contribution in [0.4, 0.5) is 5.69 Å². The third-order valence-corrected chi connectivity index (χ3v) is 4.16. The summed E-state index contributed by atoms with van der Waals surface area (Å²) in [4.78, 5) is 24.1. The van der Waals surface area contributed by atoms with Crippen molar-refractivity contribution in [3.8, 4) is 5.75 Å². The van der Waals surface area contributed by atoms with Crippen LogP contribution in [0.5, 0.6) is 5.75 Å². The number of ether oxygens (including phenoxy) is 2. The van der Waals surface area contributed by atoms with Crippen LogP contribution in [0.25, 0.3) is 0 Å². The number of halogens is 1. The number of esters is 1. The van der Waals surface area contributed by atoms with Gasteiger partial charge < -0.3 is 14.8 Å². The summed E-state index contributed by atoms with van der Waals surface area (Å²) < 4.78 is 10.6. The molecule has 0 aliphatic heterocycles. The van der Waals surface area contributed by atoms with Gasteiger partial charge in [0.1, 0.15) is 5.75 Å². The zero-order valence-corrected chi connectivity index (χ0v) is 16.0. The van der Waals surface area contributed by atoms with Crippen LogP contribution in [0, 0.1) is 20.8 Å². The Morgan fingerprint density at radius 1 is 1.12 bits per heavy atom. The van der Waals surface area contributed by atoms with Crippen LogP contribution in [0.1, 0.15) is 23.6 Å². The molecule has 0 aromatic heterocycles. The van der Waals surface area contributed by atoms with E-state index in [4.69, 9.17) is 21.1 Å². The number of amides is 1. The third kappa shape index (κ3) is 5.49. The van der Waals surface area contributed by atoms with E-state index in [9.17, 15) is 9.59 Å². The van der Waals surface area contributed by atoms with Crippen molar-refractivity contribution in [3.63, 3.8) is 0 Å². The van der Waals surface area contributed by atoms with Crippen molar-refractivity contribution in [2.45, 2.75) is 33.8 Å². The Balaban J connectivity index is 1.87. The lowest BCUT2D eigenvalue weighted by atomic mass is 10.1. The van der Waals surface area contributed by atoms with Gasteiger partial charge in [-0.1, -0.05) is 23.7 Å². The summed E-state index contributed by atoms with van der Waals surface area (Å²) in [6.45, 7) is 6.93. The van der Waals surface area contributed by atoms with E-state index in [-0.39, 0.29) is 6.61 Å². The van der Waals surface area contributed by atoms with Gasteiger partial charge in [-0.3, -0.25) is 4.79 Å². The first-order valence-electron chi connectivity index (χ1n) is 8.23. The van der Waals surface area contributed by atoms with Gasteiger partial charge in [0.05, 0.1) is 0 Å². The molecule has 2 aromatic rings. The van der Waals surface area contributed by atoms with Gasteiger partial charge in [0.15, 0.2) is 12.7 Å². The van der Waals surface area contributed by atoms with Crippen molar-refractivity contribution in [1.29, 1.82) is 0 Å². The fraction of sp³-hybridized carbons (Fsp3) is 0.300. The number of carbonyl (C=O) groups is 2. The number of aryl methyl sites for hydroxylation is 2. The lowest BCUT2D eigenvalue weighted by molar-refractivity contribution is -0.155. The molecule has 2 aromatic carbocycles. The molecule has 1 atom stereocenters. The molecule has 0 spiro atoms. The second-order valence-electron chi connectivity index (χ2n) is 6.15. The van der Waals surface area contributed by atoms with Crippen LogP contribution < -0.4 is 10.1 Å². The number of hydrogen-bond donors (Lipinski definition) is 1. The first-order chi connectivity index (χ1) is 12.3. The lowest BCUT2D eigenvalue weighted by Gasteiger charge is -2.15. The summed E-state index contributed by atoms with van der Waals surface area (Å²) in [6, 6.07) is 10.9. The van der Waals surface area contributed by atoms with Crippen LogP contribution >= 0.6 is 11.6 Å². The van der Waals surface area contributed by atoms with Gasteiger partial charge >= 0.3 is 5.97 Å². The Labute approximate surface area is 158 Å². The molecule has 26 heavy (non-hydrogen) atoms. The molecule has 0 heterocycles. The second-order valence-corrected chi connectivity index (χ2v) is 6.55. The molecule has 5 nitrogen and oxygen atoms in total. The van der Waals surface area contributed by atoms with Gasteiger partial charge in [-0.15, -0.1) is 0 Å². The zero-order chi connectivity index (χ0) is 19.3. The van der Waals surface area contributed by atoms with Crippen molar-refractivity contribution in [1.82, 2.24) is 0 Å². The molecular formula is C20H22ClNO4. The molecule has 0 aliphatic carbocycles. The van der Waals surface area contributed by atoms with E-state index in [0.29, 0.717) is 16.5 Å². The number of carbonyl (C=O) groups excluding carboxylic acids is 2. The smallest absolute Gasteiger partial charge is 0.344 e. The van der Waals surface area contributed by atoms with Crippen molar-refractivity contribution in [2.24, 2.45) is 0 Å². The summed E-state index contributed by atoms with van der Waals surface area (Å²) in [6.07, 6.45) is -0.955. The first-order valence-corrected chi connectivity index (χ1v) is 8.60. The van der Waals surface area contributed by atoms with Crippen LogP contribution in [0.15, 0.2) is 36.4 Å². The highest BCUT2D eigenvalue weighted by Gasteiger charge is 2.19. The number of hydrogen-bond acceptors (Lipinski definition) is 4. The normalized spacial score (nSPS) is 11.6.